The number of morpholine rings is 1. The second kappa shape index (κ2) is 8.84. The number of thiophene rings is 1. The summed E-state index contributed by atoms with van der Waals surface area (Å²) < 4.78 is 35.2. The molecule has 0 saturated carbocycles. The van der Waals surface area contributed by atoms with Gasteiger partial charge in [0.1, 0.15) is 0 Å². The van der Waals surface area contributed by atoms with Gasteiger partial charge in [0.2, 0.25) is 5.28 Å². The molecule has 172 valence electrons. The van der Waals surface area contributed by atoms with Crippen LogP contribution in [0.15, 0.2) is 23.6 Å². The maximum absolute atomic E-state index is 12.8. The molecule has 0 aromatic carbocycles. The van der Waals surface area contributed by atoms with Gasteiger partial charge in [-0.1, -0.05) is 0 Å². The van der Waals surface area contributed by atoms with Crippen LogP contribution in [0.4, 0.5) is 5.82 Å². The number of ether oxygens (including phenoxy) is 1. The van der Waals surface area contributed by atoms with Gasteiger partial charge in [0, 0.05) is 63.9 Å². The largest absolute Gasteiger partial charge is 0.378 e. The van der Waals surface area contributed by atoms with Crippen molar-refractivity contribution in [1.29, 1.82) is 0 Å². The summed E-state index contributed by atoms with van der Waals surface area (Å²) in [5.41, 5.74) is 0.850. The van der Waals surface area contributed by atoms with Crippen LogP contribution in [-0.4, -0.2) is 89.6 Å². The van der Waals surface area contributed by atoms with E-state index in [0.717, 1.165) is 40.5 Å². The molecule has 2 saturated heterocycles. The molecule has 10 nitrogen and oxygen atoms in total. The first-order valence-electron chi connectivity index (χ1n) is 10.4. The molecular formula is C19H24ClN7O3S2. The summed E-state index contributed by atoms with van der Waals surface area (Å²) in [6, 6.07) is 2.06. The van der Waals surface area contributed by atoms with Crippen LogP contribution < -0.4 is 4.90 Å². The third-order valence-electron chi connectivity index (χ3n) is 5.68. The molecule has 32 heavy (non-hydrogen) atoms. The molecule has 2 aliphatic rings. The molecule has 0 unspecified atom stereocenters. The average molecular weight is 498 g/mol. The molecule has 0 radical (unpaired) electrons. The summed E-state index contributed by atoms with van der Waals surface area (Å²) in [6.07, 6.45) is 3.04. The van der Waals surface area contributed by atoms with E-state index in [1.807, 2.05) is 0 Å². The molecule has 0 spiro atoms. The summed E-state index contributed by atoms with van der Waals surface area (Å²) >= 11 is 7.87. The van der Waals surface area contributed by atoms with Crippen molar-refractivity contribution in [3.8, 4) is 0 Å². The van der Waals surface area contributed by atoms with Crippen LogP contribution in [0.3, 0.4) is 0 Å². The van der Waals surface area contributed by atoms with Gasteiger partial charge in [0.25, 0.3) is 10.0 Å². The molecule has 0 aliphatic carbocycles. The van der Waals surface area contributed by atoms with Crippen LogP contribution in [0, 0.1) is 0 Å². The molecule has 3 aromatic rings. The number of rotatable bonds is 5. The van der Waals surface area contributed by atoms with Crippen molar-refractivity contribution in [3.63, 3.8) is 0 Å². The number of fused-ring (bicyclic) bond motifs is 1. The monoisotopic (exact) mass is 497 g/mol. The van der Waals surface area contributed by atoms with Gasteiger partial charge >= 0.3 is 0 Å². The summed E-state index contributed by atoms with van der Waals surface area (Å²) in [4.78, 5) is 18.5. The molecule has 0 amide bonds. The van der Waals surface area contributed by atoms with E-state index >= 15 is 0 Å². The third-order valence-corrected chi connectivity index (χ3v) is 8.74. The Morgan fingerprint density at radius 1 is 1.12 bits per heavy atom. The average Bonchev–Trinajstić information content (AvgIpc) is 3.40. The summed E-state index contributed by atoms with van der Waals surface area (Å²) in [7, 11) is -1.79. The van der Waals surface area contributed by atoms with Crippen LogP contribution in [0.25, 0.3) is 10.2 Å². The Morgan fingerprint density at radius 2 is 1.88 bits per heavy atom. The SMILES string of the molecule is Cn1cnc(S(=O)(=O)N2CCN(Cc3cc4nc(Cl)nc(N5CCOCC5)c4s3)CC2)c1. The molecule has 0 atom stereocenters. The predicted octanol–water partition coefficient (Wildman–Crippen LogP) is 1.42. The summed E-state index contributed by atoms with van der Waals surface area (Å²) in [6.45, 7) is 5.83. The number of imidazole rings is 1. The summed E-state index contributed by atoms with van der Waals surface area (Å²) in [5, 5.41) is 0.348. The minimum atomic E-state index is -3.55. The lowest BCUT2D eigenvalue weighted by molar-refractivity contribution is 0.122. The lowest BCUT2D eigenvalue weighted by Gasteiger charge is -2.33. The van der Waals surface area contributed by atoms with E-state index in [9.17, 15) is 8.42 Å². The standard InChI is InChI=1S/C19H24ClN7O3S2/c1-24-12-16(21-13-24)32(28,29)27-4-2-25(3-5-27)11-14-10-15-17(31-14)18(23-19(20)22-15)26-6-8-30-9-7-26/h10,12-13H,2-9,11H2,1H3. The second-order valence-electron chi connectivity index (χ2n) is 7.90. The number of halogens is 1. The fourth-order valence-corrected chi connectivity index (χ4v) is 6.72. The predicted molar refractivity (Wildman–Crippen MR) is 123 cm³/mol. The molecule has 2 aliphatic heterocycles. The van der Waals surface area contributed by atoms with Crippen molar-refractivity contribution < 1.29 is 13.2 Å². The first-order valence-corrected chi connectivity index (χ1v) is 13.0. The molecule has 13 heteroatoms. The minimum Gasteiger partial charge on any atom is -0.378 e. The molecule has 5 heterocycles. The van der Waals surface area contributed by atoms with Crippen molar-refractivity contribution in [3.05, 3.63) is 28.8 Å². The highest BCUT2D eigenvalue weighted by atomic mass is 35.5. The van der Waals surface area contributed by atoms with E-state index in [1.165, 1.54) is 16.8 Å². The van der Waals surface area contributed by atoms with Crippen LogP contribution >= 0.6 is 22.9 Å². The molecule has 0 N–H and O–H groups in total. The Balaban J connectivity index is 1.28. The Kier molecular flexibility index (Phi) is 6.07. The fourth-order valence-electron chi connectivity index (χ4n) is 4.01. The maximum atomic E-state index is 12.8. The zero-order chi connectivity index (χ0) is 22.3. The van der Waals surface area contributed by atoms with E-state index < -0.39 is 10.0 Å². The van der Waals surface area contributed by atoms with Crippen molar-refractivity contribution >= 4 is 49.0 Å². The van der Waals surface area contributed by atoms with E-state index in [0.29, 0.717) is 39.4 Å². The third kappa shape index (κ3) is 4.35. The fraction of sp³-hybridized carbons (Fsp3) is 0.526. The highest BCUT2D eigenvalue weighted by Gasteiger charge is 2.30. The number of piperazine rings is 1. The smallest absolute Gasteiger partial charge is 0.262 e. The second-order valence-corrected chi connectivity index (χ2v) is 11.3. The topological polar surface area (TPSA) is 96.7 Å². The van der Waals surface area contributed by atoms with E-state index in [4.69, 9.17) is 16.3 Å². The molecule has 5 rings (SSSR count). The van der Waals surface area contributed by atoms with Crippen LogP contribution in [0.5, 0.6) is 0 Å². The number of anilines is 1. The minimum absolute atomic E-state index is 0.101. The van der Waals surface area contributed by atoms with Crippen molar-refractivity contribution in [1.82, 2.24) is 28.7 Å². The Bertz CT molecular complexity index is 1210. The van der Waals surface area contributed by atoms with Crippen LogP contribution in [-0.2, 0) is 28.4 Å². The lowest BCUT2D eigenvalue weighted by atomic mass is 10.3. The van der Waals surface area contributed by atoms with Crippen LogP contribution in [0.2, 0.25) is 5.28 Å². The van der Waals surface area contributed by atoms with Gasteiger partial charge in [0.15, 0.2) is 10.8 Å². The zero-order valence-electron chi connectivity index (χ0n) is 17.6. The highest BCUT2D eigenvalue weighted by Crippen LogP contribution is 2.34. The lowest BCUT2D eigenvalue weighted by Crippen LogP contribution is -2.48. The van der Waals surface area contributed by atoms with Crippen molar-refractivity contribution in [2.45, 2.75) is 11.6 Å². The number of sulfonamides is 1. The number of aryl methyl sites for hydroxylation is 1. The van der Waals surface area contributed by atoms with E-state index in [1.54, 1.807) is 23.0 Å². The zero-order valence-corrected chi connectivity index (χ0v) is 20.0. The number of hydrogen-bond donors (Lipinski definition) is 0. The summed E-state index contributed by atoms with van der Waals surface area (Å²) in [5.74, 6) is 0.867. The first kappa shape index (κ1) is 22.0. The molecule has 0 bridgehead atoms. The Morgan fingerprint density at radius 3 is 2.56 bits per heavy atom. The normalized spacial score (nSPS) is 19.1. The molecule has 3 aromatic heterocycles. The van der Waals surface area contributed by atoms with Gasteiger partial charge in [-0.15, -0.1) is 11.3 Å². The number of aromatic nitrogens is 4. The van der Waals surface area contributed by atoms with E-state index in [-0.39, 0.29) is 10.3 Å². The maximum Gasteiger partial charge on any atom is 0.262 e. The molecule has 2 fully saturated rings. The quantitative estimate of drug-likeness (QED) is 0.488. The first-order chi connectivity index (χ1) is 15.4. The van der Waals surface area contributed by atoms with Gasteiger partial charge < -0.3 is 14.2 Å². The number of nitrogens with zero attached hydrogens (tertiary/aromatic N) is 7. The van der Waals surface area contributed by atoms with Crippen molar-refractivity contribution in [2.75, 3.05) is 57.4 Å². The van der Waals surface area contributed by atoms with Gasteiger partial charge in [0.05, 0.1) is 29.8 Å². The number of hydrogen-bond acceptors (Lipinski definition) is 9. The van der Waals surface area contributed by atoms with Gasteiger partial charge in [-0.2, -0.15) is 9.29 Å². The van der Waals surface area contributed by atoms with Gasteiger partial charge in [-0.25, -0.2) is 18.4 Å². The molecular weight excluding hydrogens is 474 g/mol. The van der Waals surface area contributed by atoms with E-state index in [2.05, 4.69) is 30.8 Å². The van der Waals surface area contributed by atoms with Gasteiger partial charge in [-0.3, -0.25) is 4.90 Å². The van der Waals surface area contributed by atoms with Crippen molar-refractivity contribution in [2.24, 2.45) is 7.05 Å². The van der Waals surface area contributed by atoms with Gasteiger partial charge in [-0.05, 0) is 17.7 Å². The highest BCUT2D eigenvalue weighted by molar-refractivity contribution is 7.89. The van der Waals surface area contributed by atoms with Crippen LogP contribution in [0.1, 0.15) is 4.88 Å². The Labute approximate surface area is 195 Å². The Hall–Kier alpha value is -1.83.